The Kier molecular flexibility index (Phi) is 6.55. The zero-order chi connectivity index (χ0) is 21.9. The van der Waals surface area contributed by atoms with Gasteiger partial charge in [0, 0.05) is 5.56 Å². The van der Waals surface area contributed by atoms with Gasteiger partial charge in [-0.3, -0.25) is 14.5 Å². The maximum absolute atomic E-state index is 14.2. The molecule has 0 aliphatic carbocycles. The van der Waals surface area contributed by atoms with Gasteiger partial charge in [-0.1, -0.05) is 20.3 Å². The van der Waals surface area contributed by atoms with Crippen LogP contribution in [0.2, 0.25) is 0 Å². The van der Waals surface area contributed by atoms with E-state index in [4.69, 9.17) is 0 Å². The van der Waals surface area contributed by atoms with E-state index in [1.165, 1.54) is 14.0 Å². The quantitative estimate of drug-likeness (QED) is 0.522. The average molecular weight is 411 g/mol. The van der Waals surface area contributed by atoms with Crippen LogP contribution in [0.3, 0.4) is 0 Å². The van der Waals surface area contributed by atoms with Gasteiger partial charge in [0.25, 0.3) is 5.91 Å². The van der Waals surface area contributed by atoms with Crippen LogP contribution in [-0.2, 0) is 24.7 Å². The largest absolute Gasteiger partial charge is 0.467 e. The van der Waals surface area contributed by atoms with E-state index in [0.717, 1.165) is 18.2 Å². The molecule has 0 unspecified atom stereocenters. The van der Waals surface area contributed by atoms with Crippen LogP contribution in [0.5, 0.6) is 0 Å². The van der Waals surface area contributed by atoms with Crippen molar-refractivity contribution in [1.29, 1.82) is 0 Å². The summed E-state index contributed by atoms with van der Waals surface area (Å²) in [5.74, 6) is -4.25. The predicted molar refractivity (Wildman–Crippen MR) is 97.4 cm³/mol. The first-order chi connectivity index (χ1) is 13.5. The number of urea groups is 1. The Morgan fingerprint density at radius 1 is 1.31 bits per heavy atom. The summed E-state index contributed by atoms with van der Waals surface area (Å²) in [6.45, 7) is 4.09. The van der Waals surface area contributed by atoms with Crippen LogP contribution >= 0.6 is 0 Å². The molecule has 158 valence electrons. The van der Waals surface area contributed by atoms with Gasteiger partial charge in [-0.25, -0.2) is 18.4 Å². The fourth-order valence-corrected chi connectivity index (χ4v) is 3.06. The highest BCUT2D eigenvalue weighted by Gasteiger charge is 2.51. The van der Waals surface area contributed by atoms with Crippen LogP contribution in [0, 0.1) is 17.6 Å². The molecule has 0 bridgehead atoms. The number of hydrogen-bond acceptors (Lipinski definition) is 5. The molecule has 1 aliphatic heterocycles. The Bertz CT molecular complexity index is 847. The van der Waals surface area contributed by atoms with Crippen molar-refractivity contribution in [3.8, 4) is 0 Å². The third-order valence-corrected chi connectivity index (χ3v) is 5.03. The molecule has 1 aromatic carbocycles. The normalized spacial score (nSPS) is 20.8. The Morgan fingerprint density at radius 3 is 2.55 bits per heavy atom. The lowest BCUT2D eigenvalue weighted by Crippen LogP contribution is -2.50. The van der Waals surface area contributed by atoms with E-state index in [9.17, 15) is 28.0 Å². The highest BCUT2D eigenvalue weighted by molar-refractivity contribution is 6.09. The fourth-order valence-electron chi connectivity index (χ4n) is 3.06. The third-order valence-electron chi connectivity index (χ3n) is 5.03. The lowest BCUT2D eigenvalue weighted by molar-refractivity contribution is -0.146. The second-order valence-electron chi connectivity index (χ2n) is 7.02. The van der Waals surface area contributed by atoms with Gasteiger partial charge in [-0.15, -0.1) is 0 Å². The maximum atomic E-state index is 14.2. The molecule has 0 spiro atoms. The summed E-state index contributed by atoms with van der Waals surface area (Å²) in [7, 11) is 1.18. The van der Waals surface area contributed by atoms with E-state index < -0.39 is 53.6 Å². The number of hydrogen-bond donors (Lipinski definition) is 2. The molecule has 2 rings (SSSR count). The Labute approximate surface area is 166 Å². The number of imide groups is 1. The average Bonchev–Trinajstić information content (AvgIpc) is 2.90. The van der Waals surface area contributed by atoms with Gasteiger partial charge in [0.2, 0.25) is 5.91 Å². The van der Waals surface area contributed by atoms with E-state index in [0.29, 0.717) is 11.3 Å². The van der Waals surface area contributed by atoms with E-state index >= 15 is 0 Å². The summed E-state index contributed by atoms with van der Waals surface area (Å²) >= 11 is 0. The van der Waals surface area contributed by atoms with Crippen molar-refractivity contribution in [2.24, 2.45) is 5.92 Å². The lowest BCUT2D eigenvalue weighted by Gasteiger charge is -2.24. The number of halogens is 2. The number of amides is 4. The zero-order valence-corrected chi connectivity index (χ0v) is 16.5. The van der Waals surface area contributed by atoms with Gasteiger partial charge in [-0.2, -0.15) is 0 Å². The van der Waals surface area contributed by atoms with Crippen LogP contribution in [0.4, 0.5) is 13.6 Å². The van der Waals surface area contributed by atoms with Crippen molar-refractivity contribution in [2.75, 3.05) is 13.7 Å². The molecule has 10 heteroatoms. The van der Waals surface area contributed by atoms with Gasteiger partial charge in [-0.05, 0) is 31.0 Å². The Balaban J connectivity index is 2.20. The molecule has 1 fully saturated rings. The predicted octanol–water partition coefficient (Wildman–Crippen LogP) is 1.44. The molecule has 1 heterocycles. The summed E-state index contributed by atoms with van der Waals surface area (Å²) < 4.78 is 32.4. The van der Waals surface area contributed by atoms with Crippen LogP contribution in [-0.4, -0.2) is 48.4 Å². The van der Waals surface area contributed by atoms with Crippen molar-refractivity contribution in [3.63, 3.8) is 0 Å². The zero-order valence-electron chi connectivity index (χ0n) is 16.5. The topological polar surface area (TPSA) is 105 Å². The molecule has 1 aliphatic rings. The number of methoxy groups -OCH3 is 1. The van der Waals surface area contributed by atoms with Crippen LogP contribution in [0.1, 0.15) is 32.8 Å². The van der Waals surface area contributed by atoms with Crippen molar-refractivity contribution in [1.82, 2.24) is 15.5 Å². The highest BCUT2D eigenvalue weighted by Crippen LogP contribution is 2.31. The summed E-state index contributed by atoms with van der Waals surface area (Å²) in [4.78, 5) is 49.9. The molecule has 1 saturated heterocycles. The maximum Gasteiger partial charge on any atom is 0.328 e. The summed E-state index contributed by atoms with van der Waals surface area (Å²) in [5.41, 5.74) is -2.23. The number of ether oxygens (including phenoxy) is 1. The molecular formula is C19H23F2N3O5. The second kappa shape index (κ2) is 8.54. The van der Waals surface area contributed by atoms with Crippen LogP contribution in [0.15, 0.2) is 18.2 Å². The van der Waals surface area contributed by atoms with Crippen LogP contribution < -0.4 is 10.6 Å². The summed E-state index contributed by atoms with van der Waals surface area (Å²) in [6.07, 6.45) is 0.570. The number of nitrogens with one attached hydrogen (secondary N) is 2. The number of carbonyl (C=O) groups is 4. The standard InChI is InChI=1S/C19H23F2N3O5/c1-5-10(2)15(16(26)29-4)22-14(25)9-24-17(27)19(3,23-18(24)28)12-8-11(20)6-7-13(12)21/h6-8,10,15H,5,9H2,1-4H3,(H,22,25)(H,23,28)/t10-,15+,19+/m0/s1. The van der Waals surface area contributed by atoms with E-state index in [-0.39, 0.29) is 11.5 Å². The minimum atomic E-state index is -1.87. The first-order valence-corrected chi connectivity index (χ1v) is 9.02. The Morgan fingerprint density at radius 2 is 1.97 bits per heavy atom. The highest BCUT2D eigenvalue weighted by atomic mass is 19.1. The monoisotopic (exact) mass is 411 g/mol. The van der Waals surface area contributed by atoms with Crippen molar-refractivity contribution < 1.29 is 32.7 Å². The number of rotatable bonds is 7. The van der Waals surface area contributed by atoms with Gasteiger partial charge in [0.05, 0.1) is 7.11 Å². The van der Waals surface area contributed by atoms with E-state index in [1.54, 1.807) is 6.92 Å². The number of carbonyl (C=O) groups excluding carboxylic acids is 4. The van der Waals surface area contributed by atoms with Crippen LogP contribution in [0.25, 0.3) is 0 Å². The lowest BCUT2D eigenvalue weighted by atomic mass is 9.91. The third kappa shape index (κ3) is 4.36. The molecule has 4 amide bonds. The van der Waals surface area contributed by atoms with Crippen molar-refractivity contribution in [3.05, 3.63) is 35.4 Å². The minimum absolute atomic E-state index is 0.249. The number of benzene rings is 1. The number of esters is 1. The SMILES string of the molecule is CC[C@H](C)[C@@H](NC(=O)CN1C(=O)N[C@](C)(c2cc(F)ccc2F)C1=O)C(=O)OC. The first kappa shape index (κ1) is 22.3. The molecule has 2 N–H and O–H groups in total. The molecular weight excluding hydrogens is 388 g/mol. The van der Waals surface area contributed by atoms with Gasteiger partial charge < -0.3 is 15.4 Å². The summed E-state index contributed by atoms with van der Waals surface area (Å²) in [6, 6.07) is 0.654. The minimum Gasteiger partial charge on any atom is -0.467 e. The first-order valence-electron chi connectivity index (χ1n) is 9.02. The molecule has 0 aromatic heterocycles. The number of nitrogens with zero attached hydrogens (tertiary/aromatic N) is 1. The van der Waals surface area contributed by atoms with Crippen molar-refractivity contribution in [2.45, 2.75) is 38.8 Å². The van der Waals surface area contributed by atoms with E-state index in [2.05, 4.69) is 15.4 Å². The van der Waals surface area contributed by atoms with Gasteiger partial charge in [0.15, 0.2) is 0 Å². The molecule has 3 atom stereocenters. The molecule has 0 saturated carbocycles. The molecule has 8 nitrogen and oxygen atoms in total. The smallest absolute Gasteiger partial charge is 0.328 e. The summed E-state index contributed by atoms with van der Waals surface area (Å²) in [5, 5.41) is 4.75. The fraction of sp³-hybridized carbons (Fsp3) is 0.474. The van der Waals surface area contributed by atoms with E-state index in [1.807, 2.05) is 6.92 Å². The molecule has 29 heavy (non-hydrogen) atoms. The molecule has 0 radical (unpaired) electrons. The van der Waals surface area contributed by atoms with Gasteiger partial charge >= 0.3 is 12.0 Å². The van der Waals surface area contributed by atoms with Gasteiger partial charge in [0.1, 0.15) is 29.8 Å². The second-order valence-corrected chi connectivity index (χ2v) is 7.02. The molecule has 1 aromatic rings. The van der Waals surface area contributed by atoms with Crippen molar-refractivity contribution >= 4 is 23.8 Å². The Hall–Kier alpha value is -3.04.